The molecule has 1 aliphatic carbocycles. The van der Waals surface area contributed by atoms with Crippen LogP contribution in [-0.4, -0.2) is 78.7 Å². The van der Waals surface area contributed by atoms with Crippen LogP contribution in [0.3, 0.4) is 0 Å². The lowest BCUT2D eigenvalue weighted by Crippen LogP contribution is -2.54. The summed E-state index contributed by atoms with van der Waals surface area (Å²) in [5.74, 6) is -0.278. The first-order valence-electron chi connectivity index (χ1n) is 13.8. The number of benzene rings is 2. The van der Waals surface area contributed by atoms with Crippen LogP contribution >= 0.6 is 11.8 Å². The fourth-order valence-corrected chi connectivity index (χ4v) is 7.20. The van der Waals surface area contributed by atoms with Crippen molar-refractivity contribution in [2.24, 2.45) is 0 Å². The van der Waals surface area contributed by atoms with Crippen LogP contribution in [0.25, 0.3) is 6.08 Å². The number of halogens is 1. The lowest BCUT2D eigenvalue weighted by molar-refractivity contribution is -0.135. The van der Waals surface area contributed by atoms with Crippen LogP contribution in [-0.2, 0) is 9.59 Å². The number of piperazine rings is 1. The Morgan fingerprint density at radius 2 is 1.74 bits per heavy atom. The number of carbonyl (C=O) groups excluding carboxylic acids is 2. The van der Waals surface area contributed by atoms with Gasteiger partial charge in [0.25, 0.3) is 5.91 Å². The Balaban J connectivity index is 1.09. The van der Waals surface area contributed by atoms with Crippen molar-refractivity contribution in [1.82, 2.24) is 15.1 Å². The van der Waals surface area contributed by atoms with E-state index < -0.39 is 0 Å². The molecule has 3 fully saturated rings. The number of carbonyl (C=O) groups is 2. The van der Waals surface area contributed by atoms with Crippen molar-refractivity contribution < 1.29 is 14.0 Å². The Bertz CT molecular complexity index is 1140. The highest BCUT2D eigenvalue weighted by Gasteiger charge is 2.41. The van der Waals surface area contributed by atoms with Gasteiger partial charge in [-0.2, -0.15) is 0 Å². The Hall–Kier alpha value is -2.84. The van der Waals surface area contributed by atoms with E-state index in [0.717, 1.165) is 68.9 Å². The molecular formula is C30H37FN4O2S. The molecule has 0 aromatic heterocycles. The van der Waals surface area contributed by atoms with E-state index in [4.69, 9.17) is 0 Å². The summed E-state index contributed by atoms with van der Waals surface area (Å²) in [7, 11) is 0. The Morgan fingerprint density at radius 3 is 2.53 bits per heavy atom. The van der Waals surface area contributed by atoms with Gasteiger partial charge in [0.05, 0.1) is 10.6 Å². The molecule has 1 N–H and O–H groups in total. The Kier molecular flexibility index (Phi) is 9.02. The number of anilines is 1. The van der Waals surface area contributed by atoms with Gasteiger partial charge in [-0.05, 0) is 49.6 Å². The number of fused-ring (bicyclic) bond motifs is 1. The molecule has 0 radical (unpaired) electrons. The predicted octanol–water partition coefficient (Wildman–Crippen LogP) is 4.38. The molecule has 3 aliphatic rings. The van der Waals surface area contributed by atoms with Gasteiger partial charge in [0.2, 0.25) is 5.91 Å². The number of amides is 2. The van der Waals surface area contributed by atoms with E-state index >= 15 is 0 Å². The van der Waals surface area contributed by atoms with Crippen molar-refractivity contribution in [1.29, 1.82) is 0 Å². The standard InChI is InChI=1S/C30H37FN4O2S/c31-24-11-4-5-12-25(24)34-19-17-33(18-20-34)16-8-15-32-29(36)22-35-26-13-6-7-14-27(26)38-28(30(35)37)21-23-9-2-1-3-10-23/h1-5,9-12,21,26-27H,6-8,13-20,22H2,(H,32,36)/b28-21-. The molecular weight excluding hydrogens is 499 g/mol. The molecule has 2 atom stereocenters. The Morgan fingerprint density at radius 1 is 1.00 bits per heavy atom. The first-order chi connectivity index (χ1) is 18.6. The van der Waals surface area contributed by atoms with E-state index in [1.807, 2.05) is 53.4 Å². The maximum Gasteiger partial charge on any atom is 0.261 e. The van der Waals surface area contributed by atoms with Crippen LogP contribution in [0.5, 0.6) is 0 Å². The number of rotatable bonds is 8. The highest BCUT2D eigenvalue weighted by Crippen LogP contribution is 2.42. The highest BCUT2D eigenvalue weighted by molar-refractivity contribution is 8.04. The van der Waals surface area contributed by atoms with Gasteiger partial charge in [-0.25, -0.2) is 4.39 Å². The van der Waals surface area contributed by atoms with Gasteiger partial charge in [-0.15, -0.1) is 11.8 Å². The van der Waals surface area contributed by atoms with Crippen molar-refractivity contribution in [2.75, 3.05) is 50.7 Å². The minimum absolute atomic E-state index is 0.0233. The summed E-state index contributed by atoms with van der Waals surface area (Å²) < 4.78 is 14.1. The number of hydrogen-bond acceptors (Lipinski definition) is 5. The van der Waals surface area contributed by atoms with Crippen molar-refractivity contribution >= 4 is 35.3 Å². The molecule has 2 amide bonds. The molecule has 2 aromatic carbocycles. The second-order valence-electron chi connectivity index (χ2n) is 10.3. The fourth-order valence-electron chi connectivity index (χ4n) is 5.72. The molecule has 2 aliphatic heterocycles. The zero-order chi connectivity index (χ0) is 26.3. The van der Waals surface area contributed by atoms with Crippen molar-refractivity contribution in [2.45, 2.75) is 43.4 Å². The maximum atomic E-state index is 14.1. The zero-order valence-corrected chi connectivity index (χ0v) is 22.7. The normalized spacial score (nSPS) is 23.4. The van der Waals surface area contributed by atoms with Crippen molar-refractivity contribution in [3.8, 4) is 0 Å². The largest absolute Gasteiger partial charge is 0.367 e. The SMILES string of the molecule is O=C(CN1C(=O)/C(=C/c2ccccc2)SC2CCCCC21)NCCCN1CCN(c2ccccc2F)CC1. The molecule has 2 unspecified atom stereocenters. The first-order valence-corrected chi connectivity index (χ1v) is 14.7. The van der Waals surface area contributed by atoms with E-state index in [0.29, 0.717) is 17.5 Å². The summed E-state index contributed by atoms with van der Waals surface area (Å²) in [4.78, 5) is 33.3. The molecule has 2 heterocycles. The van der Waals surface area contributed by atoms with Crippen LogP contribution in [0, 0.1) is 5.82 Å². The van der Waals surface area contributed by atoms with E-state index in [2.05, 4.69) is 15.1 Å². The molecule has 0 bridgehead atoms. The van der Waals surface area contributed by atoms with Gasteiger partial charge in [0.1, 0.15) is 12.4 Å². The second kappa shape index (κ2) is 12.8. The van der Waals surface area contributed by atoms with Crippen LogP contribution in [0.2, 0.25) is 0 Å². The number of nitrogens with one attached hydrogen (secondary N) is 1. The number of hydrogen-bond donors (Lipinski definition) is 1. The average molecular weight is 537 g/mol. The molecule has 202 valence electrons. The molecule has 38 heavy (non-hydrogen) atoms. The van der Waals surface area contributed by atoms with E-state index in [9.17, 15) is 14.0 Å². The first kappa shape index (κ1) is 26.8. The molecule has 2 aromatic rings. The molecule has 8 heteroatoms. The highest BCUT2D eigenvalue weighted by atomic mass is 32.2. The van der Waals surface area contributed by atoms with Gasteiger partial charge in [-0.1, -0.05) is 55.3 Å². The van der Waals surface area contributed by atoms with E-state index in [1.54, 1.807) is 17.8 Å². The van der Waals surface area contributed by atoms with E-state index in [1.165, 1.54) is 12.5 Å². The summed E-state index contributed by atoms with van der Waals surface area (Å²) in [6.07, 6.45) is 7.14. The number of thioether (sulfide) groups is 1. The molecule has 2 saturated heterocycles. The summed E-state index contributed by atoms with van der Waals surface area (Å²) in [6.45, 7) is 4.94. The summed E-state index contributed by atoms with van der Waals surface area (Å²) in [6, 6.07) is 17.0. The third kappa shape index (κ3) is 6.59. The quantitative estimate of drug-likeness (QED) is 0.401. The zero-order valence-electron chi connectivity index (χ0n) is 21.9. The van der Waals surface area contributed by atoms with Gasteiger partial charge < -0.3 is 15.1 Å². The molecule has 1 saturated carbocycles. The molecule has 5 rings (SSSR count). The third-order valence-corrected chi connectivity index (χ3v) is 9.17. The van der Waals surface area contributed by atoms with Gasteiger partial charge in [0.15, 0.2) is 0 Å². The van der Waals surface area contributed by atoms with Crippen molar-refractivity contribution in [3.05, 3.63) is 70.9 Å². The van der Waals surface area contributed by atoms with Crippen LogP contribution in [0.15, 0.2) is 59.5 Å². The number of para-hydroxylation sites is 1. The topological polar surface area (TPSA) is 55.9 Å². The van der Waals surface area contributed by atoms with E-state index in [-0.39, 0.29) is 30.2 Å². The Labute approximate surface area is 229 Å². The number of nitrogens with zero attached hydrogens (tertiary/aromatic N) is 3. The minimum Gasteiger partial charge on any atom is -0.367 e. The summed E-state index contributed by atoms with van der Waals surface area (Å²) in [5.41, 5.74) is 1.68. The molecule has 0 spiro atoms. The van der Waals surface area contributed by atoms with Crippen LogP contribution < -0.4 is 10.2 Å². The van der Waals surface area contributed by atoms with Gasteiger partial charge >= 0.3 is 0 Å². The minimum atomic E-state index is -0.170. The summed E-state index contributed by atoms with van der Waals surface area (Å²) >= 11 is 1.69. The van der Waals surface area contributed by atoms with Gasteiger partial charge in [-0.3, -0.25) is 14.5 Å². The lowest BCUT2D eigenvalue weighted by atomic mass is 9.93. The monoisotopic (exact) mass is 536 g/mol. The molecule has 6 nitrogen and oxygen atoms in total. The second-order valence-corrected chi connectivity index (χ2v) is 11.6. The fraction of sp³-hybridized carbons (Fsp3) is 0.467. The van der Waals surface area contributed by atoms with Crippen LogP contribution in [0.4, 0.5) is 10.1 Å². The summed E-state index contributed by atoms with van der Waals surface area (Å²) in [5, 5.41) is 3.40. The third-order valence-electron chi connectivity index (χ3n) is 7.77. The lowest BCUT2D eigenvalue weighted by Gasteiger charge is -2.43. The maximum absolute atomic E-state index is 14.1. The predicted molar refractivity (Wildman–Crippen MR) is 152 cm³/mol. The average Bonchev–Trinajstić information content (AvgIpc) is 2.95. The van der Waals surface area contributed by atoms with Crippen molar-refractivity contribution in [3.63, 3.8) is 0 Å². The smallest absolute Gasteiger partial charge is 0.261 e. The van der Waals surface area contributed by atoms with Crippen LogP contribution in [0.1, 0.15) is 37.7 Å². The van der Waals surface area contributed by atoms with Gasteiger partial charge in [0, 0.05) is 44.0 Å².